The van der Waals surface area contributed by atoms with Gasteiger partial charge in [0, 0.05) is 16.2 Å². The van der Waals surface area contributed by atoms with Gasteiger partial charge in [-0.15, -0.1) is 0 Å². The summed E-state index contributed by atoms with van der Waals surface area (Å²) in [4.78, 5) is 16.9. The third kappa shape index (κ3) is 2.12. The van der Waals surface area contributed by atoms with Crippen LogP contribution in [0, 0.1) is 5.82 Å². The Morgan fingerprint density at radius 1 is 1.33 bits per heavy atom. The molecule has 1 N–H and O–H groups in total. The summed E-state index contributed by atoms with van der Waals surface area (Å²) in [7, 11) is 0. The summed E-state index contributed by atoms with van der Waals surface area (Å²) < 4.78 is 14.2. The Labute approximate surface area is 93.1 Å². The van der Waals surface area contributed by atoms with E-state index < -0.39 is 5.69 Å². The number of aromatic nitrogens is 2. The number of rotatable bonds is 1. The Hall–Kier alpha value is -1.49. The lowest BCUT2D eigenvalue weighted by atomic mass is 10.1. The molecule has 0 amide bonds. The normalized spacial score (nSPS) is 10.3. The SMILES string of the molecule is O=c1nccc(-c2cc(Br)ccc2F)[nH]1. The molecule has 2 aromatic rings. The highest BCUT2D eigenvalue weighted by Gasteiger charge is 2.06. The molecule has 0 spiro atoms. The molecule has 0 saturated heterocycles. The van der Waals surface area contributed by atoms with Gasteiger partial charge in [-0.1, -0.05) is 15.9 Å². The quantitative estimate of drug-likeness (QED) is 0.863. The number of aromatic amines is 1. The van der Waals surface area contributed by atoms with Crippen molar-refractivity contribution in [2.24, 2.45) is 0 Å². The van der Waals surface area contributed by atoms with Crippen molar-refractivity contribution in [2.75, 3.05) is 0 Å². The molecule has 1 aromatic carbocycles. The molecular formula is C10H6BrFN2O. The first-order valence-electron chi connectivity index (χ1n) is 4.17. The Balaban J connectivity index is 2.63. The zero-order valence-corrected chi connectivity index (χ0v) is 9.08. The molecule has 0 aliphatic rings. The van der Waals surface area contributed by atoms with Gasteiger partial charge in [-0.3, -0.25) is 0 Å². The van der Waals surface area contributed by atoms with Crippen molar-refractivity contribution in [3.8, 4) is 11.3 Å². The van der Waals surface area contributed by atoms with E-state index in [9.17, 15) is 9.18 Å². The summed E-state index contributed by atoms with van der Waals surface area (Å²) in [6.45, 7) is 0. The van der Waals surface area contributed by atoms with Gasteiger partial charge >= 0.3 is 5.69 Å². The van der Waals surface area contributed by atoms with Crippen molar-refractivity contribution >= 4 is 15.9 Å². The average molecular weight is 269 g/mol. The van der Waals surface area contributed by atoms with Crippen LogP contribution in [0.4, 0.5) is 4.39 Å². The van der Waals surface area contributed by atoms with E-state index in [2.05, 4.69) is 25.9 Å². The van der Waals surface area contributed by atoms with Crippen molar-refractivity contribution in [1.82, 2.24) is 9.97 Å². The zero-order valence-electron chi connectivity index (χ0n) is 7.50. The monoisotopic (exact) mass is 268 g/mol. The van der Waals surface area contributed by atoms with E-state index in [0.717, 1.165) is 4.47 Å². The predicted octanol–water partition coefficient (Wildman–Crippen LogP) is 2.34. The number of nitrogens with one attached hydrogen (secondary N) is 1. The van der Waals surface area contributed by atoms with Gasteiger partial charge in [0.05, 0.1) is 5.69 Å². The van der Waals surface area contributed by atoms with Crippen LogP contribution >= 0.6 is 15.9 Å². The molecule has 0 atom stereocenters. The number of hydrogen-bond acceptors (Lipinski definition) is 2. The number of H-pyrrole nitrogens is 1. The molecule has 76 valence electrons. The number of hydrogen-bond donors (Lipinski definition) is 1. The summed E-state index contributed by atoms with van der Waals surface area (Å²) in [5.41, 5.74) is 0.254. The second-order valence-corrected chi connectivity index (χ2v) is 3.83. The van der Waals surface area contributed by atoms with E-state index in [1.807, 2.05) is 0 Å². The smallest absolute Gasteiger partial charge is 0.305 e. The zero-order chi connectivity index (χ0) is 10.8. The molecule has 0 bridgehead atoms. The van der Waals surface area contributed by atoms with Gasteiger partial charge in [-0.05, 0) is 24.3 Å². The fraction of sp³-hybridized carbons (Fsp3) is 0. The number of benzene rings is 1. The fourth-order valence-electron chi connectivity index (χ4n) is 1.23. The molecule has 5 heteroatoms. The predicted molar refractivity (Wildman–Crippen MR) is 58.0 cm³/mol. The van der Waals surface area contributed by atoms with E-state index in [0.29, 0.717) is 11.3 Å². The maximum Gasteiger partial charge on any atom is 0.345 e. The van der Waals surface area contributed by atoms with Crippen LogP contribution in [0.5, 0.6) is 0 Å². The Morgan fingerprint density at radius 2 is 2.13 bits per heavy atom. The van der Waals surface area contributed by atoms with Crippen LogP contribution in [0.25, 0.3) is 11.3 Å². The highest BCUT2D eigenvalue weighted by atomic mass is 79.9. The van der Waals surface area contributed by atoms with E-state index in [1.165, 1.54) is 12.3 Å². The molecule has 3 nitrogen and oxygen atoms in total. The molecule has 1 heterocycles. The first-order chi connectivity index (χ1) is 7.16. The van der Waals surface area contributed by atoms with Crippen LogP contribution in [-0.2, 0) is 0 Å². The van der Waals surface area contributed by atoms with Gasteiger partial charge in [0.15, 0.2) is 0 Å². The van der Waals surface area contributed by atoms with Gasteiger partial charge in [0.2, 0.25) is 0 Å². The van der Waals surface area contributed by atoms with E-state index >= 15 is 0 Å². The Bertz CT molecular complexity index is 553. The van der Waals surface area contributed by atoms with Crippen molar-refractivity contribution in [3.05, 3.63) is 51.2 Å². The molecule has 15 heavy (non-hydrogen) atoms. The maximum atomic E-state index is 13.4. The largest absolute Gasteiger partial charge is 0.345 e. The fourth-order valence-corrected chi connectivity index (χ4v) is 1.59. The number of nitrogens with zero attached hydrogens (tertiary/aromatic N) is 1. The third-order valence-electron chi connectivity index (χ3n) is 1.89. The van der Waals surface area contributed by atoms with Crippen LogP contribution in [0.1, 0.15) is 0 Å². The highest BCUT2D eigenvalue weighted by Crippen LogP contribution is 2.23. The van der Waals surface area contributed by atoms with Crippen LogP contribution in [-0.4, -0.2) is 9.97 Å². The lowest BCUT2D eigenvalue weighted by Gasteiger charge is -2.02. The third-order valence-corrected chi connectivity index (χ3v) is 2.39. The first-order valence-corrected chi connectivity index (χ1v) is 4.97. The summed E-state index contributed by atoms with van der Waals surface area (Å²) in [6, 6.07) is 6.07. The molecule has 0 unspecified atom stereocenters. The number of halogens is 2. The summed E-state index contributed by atoms with van der Waals surface area (Å²) in [6.07, 6.45) is 1.34. The van der Waals surface area contributed by atoms with Crippen molar-refractivity contribution in [1.29, 1.82) is 0 Å². The highest BCUT2D eigenvalue weighted by molar-refractivity contribution is 9.10. The summed E-state index contributed by atoms with van der Waals surface area (Å²) in [5.74, 6) is -0.389. The topological polar surface area (TPSA) is 45.8 Å². The van der Waals surface area contributed by atoms with Gasteiger partial charge in [0.25, 0.3) is 0 Å². The maximum absolute atomic E-state index is 13.4. The van der Waals surface area contributed by atoms with Gasteiger partial charge in [-0.25, -0.2) is 14.2 Å². The molecule has 0 saturated carbocycles. The molecule has 0 aliphatic heterocycles. The minimum absolute atomic E-state index is 0.337. The Kier molecular flexibility index (Phi) is 2.64. The van der Waals surface area contributed by atoms with Gasteiger partial charge in [0.1, 0.15) is 5.82 Å². The molecule has 2 rings (SSSR count). The molecule has 0 aliphatic carbocycles. The minimum atomic E-state index is -0.494. The lowest BCUT2D eigenvalue weighted by molar-refractivity contribution is 0.630. The Morgan fingerprint density at radius 3 is 2.87 bits per heavy atom. The first kappa shape index (κ1) is 10.0. The molecular weight excluding hydrogens is 263 g/mol. The van der Waals surface area contributed by atoms with Gasteiger partial charge in [-0.2, -0.15) is 0 Å². The van der Waals surface area contributed by atoms with E-state index in [1.54, 1.807) is 18.2 Å². The van der Waals surface area contributed by atoms with E-state index in [4.69, 9.17) is 0 Å². The lowest BCUT2D eigenvalue weighted by Crippen LogP contribution is -2.09. The minimum Gasteiger partial charge on any atom is -0.305 e. The van der Waals surface area contributed by atoms with Crippen LogP contribution < -0.4 is 5.69 Å². The van der Waals surface area contributed by atoms with Crippen LogP contribution in [0.3, 0.4) is 0 Å². The molecule has 0 radical (unpaired) electrons. The molecule has 1 aromatic heterocycles. The van der Waals surface area contributed by atoms with Crippen LogP contribution in [0.2, 0.25) is 0 Å². The molecule has 0 fully saturated rings. The standard InChI is InChI=1S/C10H6BrFN2O/c11-6-1-2-8(12)7(5-6)9-3-4-13-10(15)14-9/h1-5H,(H,13,14,15). The summed E-state index contributed by atoms with van der Waals surface area (Å²) >= 11 is 3.24. The van der Waals surface area contributed by atoms with Crippen molar-refractivity contribution in [2.45, 2.75) is 0 Å². The van der Waals surface area contributed by atoms with Gasteiger partial charge < -0.3 is 4.98 Å². The van der Waals surface area contributed by atoms with Crippen LogP contribution in [0.15, 0.2) is 39.7 Å². The summed E-state index contributed by atoms with van der Waals surface area (Å²) in [5, 5.41) is 0. The van der Waals surface area contributed by atoms with Crippen molar-refractivity contribution < 1.29 is 4.39 Å². The van der Waals surface area contributed by atoms with E-state index in [-0.39, 0.29) is 5.82 Å². The second-order valence-electron chi connectivity index (χ2n) is 2.91. The second kappa shape index (κ2) is 3.94. The average Bonchev–Trinajstić information content (AvgIpc) is 2.22. The van der Waals surface area contributed by atoms with Crippen molar-refractivity contribution in [3.63, 3.8) is 0 Å².